The minimum Gasteiger partial charge on any atom is -0.381 e. The number of fused-ring (bicyclic) bond motifs is 1. The first kappa shape index (κ1) is 34.0. The molecule has 0 bridgehead atoms. The van der Waals surface area contributed by atoms with Gasteiger partial charge in [-0.3, -0.25) is 24.0 Å². The number of pyridine rings is 1. The number of likely N-dealkylation sites (tertiary alicyclic amines) is 1. The molecule has 0 radical (unpaired) electrons. The number of aromatic amines is 1. The van der Waals surface area contributed by atoms with Crippen molar-refractivity contribution in [3.05, 3.63) is 58.4 Å². The smallest absolute Gasteiger partial charge is 0.327 e. The van der Waals surface area contributed by atoms with E-state index in [2.05, 4.69) is 40.5 Å². The lowest BCUT2D eigenvalue weighted by Crippen LogP contribution is -2.53. The molecule has 4 fully saturated rings. The number of piperidine rings is 1. The Kier molecular flexibility index (Phi) is 9.77. The maximum absolute atomic E-state index is 15.8. The van der Waals surface area contributed by atoms with Crippen molar-refractivity contribution in [1.82, 2.24) is 29.2 Å². The summed E-state index contributed by atoms with van der Waals surface area (Å²) in [6.45, 7) is 12.6. The summed E-state index contributed by atoms with van der Waals surface area (Å²) in [4.78, 5) is 56.2. The minimum absolute atomic E-state index is 0.0343. The topological polar surface area (TPSA) is 107 Å². The number of benzene rings is 1. The third-order valence-electron chi connectivity index (χ3n) is 10.8. The zero-order chi connectivity index (χ0) is 34.3. The molecule has 1 N–H and O–H groups in total. The zero-order valence-electron chi connectivity index (χ0n) is 28.8. The molecule has 3 aromatic rings. The molecule has 1 unspecified atom stereocenters. The van der Waals surface area contributed by atoms with Gasteiger partial charge in [0.05, 0.1) is 16.5 Å². The van der Waals surface area contributed by atoms with Gasteiger partial charge in [-0.1, -0.05) is 12.1 Å². The number of piperazine rings is 1. The molecule has 0 aliphatic carbocycles. The molecule has 49 heavy (non-hydrogen) atoms. The maximum atomic E-state index is 15.8. The Morgan fingerprint density at radius 3 is 2.45 bits per heavy atom. The lowest BCUT2D eigenvalue weighted by atomic mass is 9.98. The fraction of sp³-hybridized carbons (Fsp3) is 0.611. The summed E-state index contributed by atoms with van der Waals surface area (Å²) in [5, 5.41) is -0.932. The van der Waals surface area contributed by atoms with Gasteiger partial charge in [0.25, 0.3) is 0 Å². The second-order valence-electron chi connectivity index (χ2n) is 14.8. The Bertz CT molecular complexity index is 1720. The summed E-state index contributed by atoms with van der Waals surface area (Å²) < 4.78 is 23.2. The van der Waals surface area contributed by atoms with Crippen LogP contribution in [-0.2, 0) is 14.3 Å². The number of amides is 2. The van der Waals surface area contributed by atoms with Crippen LogP contribution in [0.1, 0.15) is 69.9 Å². The second-order valence-corrected chi connectivity index (χ2v) is 16.1. The van der Waals surface area contributed by atoms with Crippen LogP contribution in [0.4, 0.5) is 10.1 Å². The summed E-state index contributed by atoms with van der Waals surface area (Å²) >= 11 is 1.49. The maximum Gasteiger partial charge on any atom is 0.327 e. The monoisotopic (exact) mass is 693 g/mol. The van der Waals surface area contributed by atoms with E-state index >= 15 is 4.39 Å². The lowest BCUT2D eigenvalue weighted by Gasteiger charge is -2.44. The number of imidazole rings is 1. The van der Waals surface area contributed by atoms with E-state index < -0.39 is 5.25 Å². The van der Waals surface area contributed by atoms with Gasteiger partial charge in [0, 0.05) is 88.8 Å². The summed E-state index contributed by atoms with van der Waals surface area (Å²) in [6.07, 6.45) is 4.80. The van der Waals surface area contributed by atoms with Crippen molar-refractivity contribution in [3.8, 4) is 0 Å². The molecule has 1 aromatic carbocycles. The number of anilines is 1. The zero-order valence-corrected chi connectivity index (χ0v) is 29.6. The molecule has 2 amide bonds. The van der Waals surface area contributed by atoms with Crippen molar-refractivity contribution in [3.63, 3.8) is 0 Å². The number of carbonyl (C=O) groups excluding carboxylic acids is 2. The molecular weight excluding hydrogens is 646 g/mol. The number of aromatic nitrogens is 3. The van der Waals surface area contributed by atoms with Crippen LogP contribution in [0.2, 0.25) is 0 Å². The van der Waals surface area contributed by atoms with Gasteiger partial charge < -0.3 is 19.4 Å². The number of hydrogen-bond donors (Lipinski definition) is 1. The normalized spacial score (nSPS) is 23.6. The van der Waals surface area contributed by atoms with E-state index in [1.807, 2.05) is 28.0 Å². The Labute approximate surface area is 291 Å². The van der Waals surface area contributed by atoms with Crippen LogP contribution >= 0.6 is 11.8 Å². The number of H-pyrrole nitrogens is 1. The number of rotatable bonds is 7. The van der Waals surface area contributed by atoms with Gasteiger partial charge in [0.2, 0.25) is 11.8 Å². The van der Waals surface area contributed by atoms with Crippen LogP contribution in [0.15, 0.2) is 41.3 Å². The van der Waals surface area contributed by atoms with Gasteiger partial charge in [-0.2, -0.15) is 0 Å². The van der Waals surface area contributed by atoms with Crippen molar-refractivity contribution in [2.75, 3.05) is 63.9 Å². The standard InChI is InChI=1S/C36H48FN7O4S/c1-36(2,3)42-18-16-41(17-19-42)31-26(6-4-7-27(31)37)34-43(23-24-11-20-48-21-12-24)33(46)29(49-34)22-30(45)40-14-9-25(10-15-40)44-28-8-5-13-38-32(28)39-35(44)47/h4-8,13,24-25,29,34H,9-12,14-23H2,1-3H3,(H,38,39,47)/t29-,34?/m0/s1. The van der Waals surface area contributed by atoms with Gasteiger partial charge in [0.1, 0.15) is 11.2 Å². The third kappa shape index (κ3) is 6.98. The number of thioether (sulfide) groups is 1. The van der Waals surface area contributed by atoms with Crippen LogP contribution in [-0.4, -0.2) is 111 Å². The van der Waals surface area contributed by atoms with E-state index in [4.69, 9.17) is 4.74 Å². The fourth-order valence-electron chi connectivity index (χ4n) is 8.01. The van der Waals surface area contributed by atoms with Crippen LogP contribution in [0.25, 0.3) is 11.2 Å². The van der Waals surface area contributed by atoms with Crippen molar-refractivity contribution < 1.29 is 18.7 Å². The van der Waals surface area contributed by atoms with Gasteiger partial charge in [0.15, 0.2) is 5.65 Å². The third-order valence-corrected chi connectivity index (χ3v) is 12.3. The Hall–Kier alpha value is -3.42. The van der Waals surface area contributed by atoms with Crippen LogP contribution < -0.4 is 10.6 Å². The molecular formula is C36H48FN7O4S. The van der Waals surface area contributed by atoms with Crippen molar-refractivity contribution >= 4 is 40.4 Å². The Morgan fingerprint density at radius 2 is 1.73 bits per heavy atom. The van der Waals surface area contributed by atoms with Crippen LogP contribution in [0.3, 0.4) is 0 Å². The molecule has 7 rings (SSSR count). The first-order chi connectivity index (χ1) is 23.6. The number of ether oxygens (including phenoxy) is 1. The van der Waals surface area contributed by atoms with Crippen LogP contribution in [0, 0.1) is 11.7 Å². The molecule has 2 atom stereocenters. The molecule has 4 saturated heterocycles. The fourth-order valence-corrected chi connectivity index (χ4v) is 9.48. The first-order valence-corrected chi connectivity index (χ1v) is 18.7. The molecule has 4 aliphatic rings. The predicted octanol–water partition coefficient (Wildman–Crippen LogP) is 4.41. The number of para-hydroxylation sites is 1. The lowest BCUT2D eigenvalue weighted by molar-refractivity contribution is -0.137. The van der Waals surface area contributed by atoms with E-state index in [1.54, 1.807) is 16.8 Å². The van der Waals surface area contributed by atoms with Crippen LogP contribution in [0.5, 0.6) is 0 Å². The van der Waals surface area contributed by atoms with Gasteiger partial charge in [-0.25, -0.2) is 14.2 Å². The molecule has 0 saturated carbocycles. The summed E-state index contributed by atoms with van der Waals surface area (Å²) in [7, 11) is 0. The highest BCUT2D eigenvalue weighted by atomic mass is 32.2. The highest BCUT2D eigenvalue weighted by molar-refractivity contribution is 8.01. The SMILES string of the molecule is CC(C)(C)N1CCN(c2c(F)cccc2C2S[C@@H](CC(=O)N3CCC(n4c(=O)[nH]c5ncccc54)CC3)C(=O)N2CC2CCOCC2)CC1. The van der Waals surface area contributed by atoms with E-state index in [0.717, 1.165) is 37.0 Å². The van der Waals surface area contributed by atoms with Gasteiger partial charge >= 0.3 is 5.69 Å². The number of halogens is 1. The largest absolute Gasteiger partial charge is 0.381 e. The number of nitrogens with one attached hydrogen (secondary N) is 1. The molecule has 2 aromatic heterocycles. The first-order valence-electron chi connectivity index (χ1n) is 17.7. The number of carbonyl (C=O) groups is 2. The molecule has 0 spiro atoms. The van der Waals surface area contributed by atoms with Gasteiger partial charge in [-0.05, 0) is 70.6 Å². The molecule has 264 valence electrons. The molecule has 4 aliphatic heterocycles. The molecule has 6 heterocycles. The van der Waals surface area contributed by atoms with Crippen molar-refractivity contribution in [2.45, 2.75) is 75.1 Å². The van der Waals surface area contributed by atoms with E-state index in [9.17, 15) is 14.4 Å². The highest BCUT2D eigenvalue weighted by Gasteiger charge is 2.45. The summed E-state index contributed by atoms with van der Waals surface area (Å²) in [5.41, 5.74) is 2.58. The van der Waals surface area contributed by atoms with Crippen molar-refractivity contribution in [2.24, 2.45) is 5.92 Å². The number of hydrogen-bond acceptors (Lipinski definition) is 8. The van der Waals surface area contributed by atoms with E-state index in [-0.39, 0.29) is 46.7 Å². The second kappa shape index (κ2) is 14.1. The van der Waals surface area contributed by atoms with E-state index in [1.165, 1.54) is 17.8 Å². The highest BCUT2D eigenvalue weighted by Crippen LogP contribution is 2.48. The number of nitrogens with zero attached hydrogens (tertiary/aromatic N) is 6. The summed E-state index contributed by atoms with van der Waals surface area (Å²) in [5.74, 6) is -0.0741. The molecule has 11 nitrogen and oxygen atoms in total. The van der Waals surface area contributed by atoms with Gasteiger partial charge in [-0.15, -0.1) is 11.8 Å². The average molecular weight is 694 g/mol. The van der Waals surface area contributed by atoms with Crippen molar-refractivity contribution in [1.29, 1.82) is 0 Å². The predicted molar refractivity (Wildman–Crippen MR) is 189 cm³/mol. The minimum atomic E-state index is -0.550. The van der Waals surface area contributed by atoms with E-state index in [0.29, 0.717) is 76.0 Å². The quantitative estimate of drug-likeness (QED) is 0.388. The Balaban J connectivity index is 1.08. The molecule has 13 heteroatoms. The summed E-state index contributed by atoms with van der Waals surface area (Å²) in [6, 6.07) is 8.90. The Morgan fingerprint density at radius 1 is 1.00 bits per heavy atom. The average Bonchev–Trinajstić information content (AvgIpc) is 3.59.